The van der Waals surface area contributed by atoms with Crippen LogP contribution in [0.15, 0.2) is 28.2 Å². The highest BCUT2D eigenvalue weighted by atomic mass is 16.7. The van der Waals surface area contributed by atoms with Crippen LogP contribution in [0, 0.1) is 6.92 Å². The van der Waals surface area contributed by atoms with Crippen molar-refractivity contribution >= 4 is 23.4 Å². The van der Waals surface area contributed by atoms with Crippen LogP contribution < -0.4 is 9.47 Å². The van der Waals surface area contributed by atoms with Crippen LogP contribution >= 0.6 is 0 Å². The normalized spacial score (nSPS) is 25.5. The number of fused-ring (bicyclic) bond motifs is 5. The van der Waals surface area contributed by atoms with Gasteiger partial charge in [0.15, 0.2) is 35.1 Å². The van der Waals surface area contributed by atoms with E-state index in [1.807, 2.05) is 0 Å². The van der Waals surface area contributed by atoms with Gasteiger partial charge in [0.1, 0.15) is 11.8 Å². The summed E-state index contributed by atoms with van der Waals surface area (Å²) in [5.41, 5.74) is 1.09. The van der Waals surface area contributed by atoms with Gasteiger partial charge in [-0.2, -0.15) is 0 Å². The van der Waals surface area contributed by atoms with Gasteiger partial charge in [-0.1, -0.05) is 0 Å². The first-order valence-corrected chi connectivity index (χ1v) is 11.2. The lowest BCUT2D eigenvalue weighted by Gasteiger charge is -2.43. The molecular formula is C25H26N2O8. The predicted molar refractivity (Wildman–Crippen MR) is 122 cm³/mol. The molecule has 5 rings (SSSR count). The van der Waals surface area contributed by atoms with Crippen LogP contribution in [-0.4, -0.2) is 77.6 Å². The number of aliphatic hydroxyl groups is 1. The average Bonchev–Trinajstić information content (AvgIpc) is 3.25. The zero-order valence-electron chi connectivity index (χ0n) is 20.3. The number of ether oxygens (including phenoxy) is 3. The monoisotopic (exact) mass is 482 g/mol. The van der Waals surface area contributed by atoms with Gasteiger partial charge in [-0.05, 0) is 40.9 Å². The van der Waals surface area contributed by atoms with Crippen LogP contribution in [0.4, 0.5) is 0 Å². The molecule has 0 bridgehead atoms. The molecule has 1 aromatic carbocycles. The molecule has 3 aliphatic heterocycles. The van der Waals surface area contributed by atoms with Crippen molar-refractivity contribution in [3.63, 3.8) is 0 Å². The third kappa shape index (κ3) is 2.86. The summed E-state index contributed by atoms with van der Waals surface area (Å²) in [5.74, 6) is -1.34. The summed E-state index contributed by atoms with van der Waals surface area (Å²) < 4.78 is 16.5. The van der Waals surface area contributed by atoms with Gasteiger partial charge in [0.2, 0.25) is 12.6 Å². The molecule has 1 aliphatic carbocycles. The fourth-order valence-corrected chi connectivity index (χ4v) is 5.47. The molecule has 10 nitrogen and oxygen atoms in total. The summed E-state index contributed by atoms with van der Waals surface area (Å²) in [4.78, 5) is 43.8. The van der Waals surface area contributed by atoms with Crippen molar-refractivity contribution in [2.75, 3.05) is 28.0 Å². The Morgan fingerprint density at radius 1 is 1.09 bits per heavy atom. The molecule has 10 heteroatoms. The Morgan fingerprint density at radius 2 is 1.74 bits per heavy atom. The molecule has 0 radical (unpaired) electrons. The van der Waals surface area contributed by atoms with Gasteiger partial charge in [-0.15, -0.1) is 0 Å². The average molecular weight is 482 g/mol. The number of phenolic OH excluding ortho intramolecular Hbond substituents is 1. The number of benzene rings is 1. The number of Topliss-reactive ketones (excluding diaryl/α,β-unsaturated/α-hetero) is 3. The minimum absolute atomic E-state index is 0.0250. The Kier molecular flexibility index (Phi) is 5.08. The first kappa shape index (κ1) is 23.1. The number of carbonyl (C=O) groups is 3. The fourth-order valence-electron chi connectivity index (χ4n) is 5.47. The van der Waals surface area contributed by atoms with Crippen LogP contribution in [0.2, 0.25) is 0 Å². The van der Waals surface area contributed by atoms with E-state index >= 15 is 0 Å². The summed E-state index contributed by atoms with van der Waals surface area (Å²) in [6, 6.07) is -1.81. The highest BCUT2D eigenvalue weighted by Gasteiger charge is 2.51. The van der Waals surface area contributed by atoms with Gasteiger partial charge < -0.3 is 29.3 Å². The number of methoxy groups -OCH3 is 1. The molecule has 0 spiro atoms. The second kappa shape index (κ2) is 7.69. The van der Waals surface area contributed by atoms with Gasteiger partial charge in [0, 0.05) is 22.3 Å². The molecule has 0 amide bonds. The Balaban J connectivity index is 1.88. The summed E-state index contributed by atoms with van der Waals surface area (Å²) in [6.07, 6.45) is 0.0913. The molecule has 35 heavy (non-hydrogen) atoms. The lowest BCUT2D eigenvalue weighted by Crippen LogP contribution is -2.53. The summed E-state index contributed by atoms with van der Waals surface area (Å²) in [5, 5.41) is 22.6. The number of hydrogen-bond donors (Lipinski definition) is 2. The number of phenols is 1. The SMILES string of the molecule is COC1=C(C)C(=O)C2=C(C1=O)C1=Cc3c(O)c(C)c4c(c3[C@H](C)N1[C@@H](O)C(N(C)C)C2=O)OCO4. The van der Waals surface area contributed by atoms with Crippen molar-refractivity contribution in [2.45, 2.75) is 39.1 Å². The van der Waals surface area contributed by atoms with E-state index in [1.165, 1.54) is 29.9 Å². The molecule has 0 saturated carbocycles. The number of ketones is 3. The van der Waals surface area contributed by atoms with E-state index < -0.39 is 35.7 Å². The predicted octanol–water partition coefficient (Wildman–Crippen LogP) is 1.35. The highest BCUT2D eigenvalue weighted by Crippen LogP contribution is 2.54. The molecule has 3 heterocycles. The summed E-state index contributed by atoms with van der Waals surface area (Å²) >= 11 is 0. The van der Waals surface area contributed by atoms with E-state index in [2.05, 4.69) is 0 Å². The number of allylic oxidation sites excluding steroid dienone is 3. The van der Waals surface area contributed by atoms with E-state index in [9.17, 15) is 24.6 Å². The molecule has 2 N–H and O–H groups in total. The van der Waals surface area contributed by atoms with Crippen molar-refractivity contribution in [3.05, 3.63) is 44.9 Å². The molecule has 1 aromatic rings. The van der Waals surface area contributed by atoms with Crippen molar-refractivity contribution in [1.29, 1.82) is 0 Å². The van der Waals surface area contributed by atoms with Crippen LogP contribution in [-0.2, 0) is 19.1 Å². The lowest BCUT2D eigenvalue weighted by molar-refractivity contribution is -0.130. The zero-order chi connectivity index (χ0) is 25.5. The van der Waals surface area contributed by atoms with Gasteiger partial charge >= 0.3 is 0 Å². The fraction of sp³-hybridized carbons (Fsp3) is 0.400. The van der Waals surface area contributed by atoms with E-state index in [-0.39, 0.29) is 40.7 Å². The maximum absolute atomic E-state index is 13.7. The summed E-state index contributed by atoms with van der Waals surface area (Å²) in [6.45, 7) is 4.85. The number of carbonyl (C=O) groups excluding carboxylic acids is 3. The van der Waals surface area contributed by atoms with Crippen molar-refractivity contribution in [1.82, 2.24) is 9.80 Å². The maximum Gasteiger partial charge on any atom is 0.231 e. The number of rotatable bonds is 2. The third-order valence-corrected chi connectivity index (χ3v) is 7.18. The largest absolute Gasteiger partial charge is 0.507 e. The minimum atomic E-state index is -1.43. The van der Waals surface area contributed by atoms with Crippen LogP contribution in [0.3, 0.4) is 0 Å². The molecule has 0 fully saturated rings. The van der Waals surface area contributed by atoms with Crippen LogP contribution in [0.25, 0.3) is 6.08 Å². The molecule has 184 valence electrons. The number of hydrogen-bond acceptors (Lipinski definition) is 10. The number of likely N-dealkylation sites (N-methyl/N-ethyl adjacent to an activating group) is 1. The first-order valence-electron chi connectivity index (χ1n) is 11.2. The van der Waals surface area contributed by atoms with E-state index in [0.29, 0.717) is 28.2 Å². The Morgan fingerprint density at radius 3 is 2.37 bits per heavy atom. The minimum Gasteiger partial charge on any atom is -0.507 e. The zero-order valence-corrected chi connectivity index (χ0v) is 20.3. The molecule has 0 aromatic heterocycles. The number of nitrogens with zero attached hydrogens (tertiary/aromatic N) is 2. The van der Waals surface area contributed by atoms with Crippen molar-refractivity contribution in [2.24, 2.45) is 0 Å². The van der Waals surface area contributed by atoms with Gasteiger partial charge in [-0.3, -0.25) is 19.3 Å². The number of aromatic hydroxyl groups is 1. The van der Waals surface area contributed by atoms with Crippen molar-refractivity contribution < 1.29 is 38.8 Å². The molecule has 4 aliphatic rings. The topological polar surface area (TPSA) is 126 Å². The maximum atomic E-state index is 13.7. The molecule has 0 saturated heterocycles. The van der Waals surface area contributed by atoms with E-state index in [1.54, 1.807) is 27.9 Å². The third-order valence-electron chi connectivity index (χ3n) is 7.18. The van der Waals surface area contributed by atoms with Gasteiger partial charge in [0.25, 0.3) is 0 Å². The first-order chi connectivity index (χ1) is 16.5. The summed E-state index contributed by atoms with van der Waals surface area (Å²) in [7, 11) is 4.52. The second-order valence-corrected chi connectivity index (χ2v) is 9.23. The second-order valence-electron chi connectivity index (χ2n) is 9.23. The Labute approximate surface area is 201 Å². The van der Waals surface area contributed by atoms with Gasteiger partial charge in [0.05, 0.1) is 30.0 Å². The van der Waals surface area contributed by atoms with Crippen LogP contribution in [0.5, 0.6) is 17.2 Å². The lowest BCUT2D eigenvalue weighted by atomic mass is 9.82. The number of aliphatic hydroxyl groups excluding tert-OH is 1. The quantitative estimate of drug-likeness (QED) is 0.471. The van der Waals surface area contributed by atoms with Crippen molar-refractivity contribution in [3.8, 4) is 17.2 Å². The van der Waals surface area contributed by atoms with E-state index in [0.717, 1.165) is 0 Å². The highest BCUT2D eigenvalue weighted by molar-refractivity contribution is 6.37. The van der Waals surface area contributed by atoms with Gasteiger partial charge in [-0.25, -0.2) is 0 Å². The smallest absolute Gasteiger partial charge is 0.231 e. The molecule has 1 unspecified atom stereocenters. The van der Waals surface area contributed by atoms with E-state index in [4.69, 9.17) is 14.2 Å². The van der Waals surface area contributed by atoms with Crippen LogP contribution in [0.1, 0.15) is 36.6 Å². The Bertz CT molecular complexity index is 1320. The molecule has 3 atom stereocenters. The molecular weight excluding hydrogens is 456 g/mol. The Hall–Kier alpha value is -3.63. The standard InChI is InChI=1S/C25H26N2O8/c1-9-18(28)12-7-13-15-16(19(29)10(2)22(33-6)21(15)31)20(30)17(26(4)5)25(32)27(13)11(3)14(12)24-23(9)34-8-35-24/h7,11,17,25,28,32H,8H2,1-6H3/t11-,17?,25-/m0/s1.